The van der Waals surface area contributed by atoms with Gasteiger partial charge < -0.3 is 10.6 Å². The van der Waals surface area contributed by atoms with Gasteiger partial charge in [-0.05, 0) is 31.7 Å². The van der Waals surface area contributed by atoms with E-state index in [1.54, 1.807) is 0 Å². The highest BCUT2D eigenvalue weighted by Crippen LogP contribution is 2.29. The van der Waals surface area contributed by atoms with E-state index in [1.807, 2.05) is 16.9 Å². The zero-order valence-corrected chi connectivity index (χ0v) is 11.3. The van der Waals surface area contributed by atoms with E-state index >= 15 is 0 Å². The van der Waals surface area contributed by atoms with Crippen molar-refractivity contribution in [3.05, 3.63) is 12.3 Å². The first kappa shape index (κ1) is 12.5. The molecule has 2 heterocycles. The molecule has 0 bridgehead atoms. The summed E-state index contributed by atoms with van der Waals surface area (Å²) in [5.41, 5.74) is 5.65. The molecule has 0 unspecified atom stereocenters. The largest absolute Gasteiger partial charge is 0.382 e. The van der Waals surface area contributed by atoms with Crippen molar-refractivity contribution in [3.63, 3.8) is 0 Å². The van der Waals surface area contributed by atoms with E-state index in [0.29, 0.717) is 23.7 Å². The van der Waals surface area contributed by atoms with Gasteiger partial charge in [0, 0.05) is 25.2 Å². The molecule has 0 radical (unpaired) electrons. The number of nitrogen functional groups attached to an aromatic ring is 1. The van der Waals surface area contributed by atoms with Gasteiger partial charge in [0.25, 0.3) is 0 Å². The molecule has 1 aromatic heterocycles. The fourth-order valence-corrected chi connectivity index (χ4v) is 3.34. The van der Waals surface area contributed by atoms with Crippen LogP contribution < -0.4 is 5.73 Å². The van der Waals surface area contributed by atoms with E-state index in [1.165, 1.54) is 12.8 Å². The minimum absolute atomic E-state index is 0.303. The van der Waals surface area contributed by atoms with Gasteiger partial charge in [-0.2, -0.15) is 5.10 Å². The summed E-state index contributed by atoms with van der Waals surface area (Å²) in [5, 5.41) is 4.27. The van der Waals surface area contributed by atoms with Gasteiger partial charge in [0.2, 0.25) is 5.91 Å². The topological polar surface area (TPSA) is 64.2 Å². The molecule has 0 spiro atoms. The molecule has 1 aromatic rings. The highest BCUT2D eigenvalue weighted by molar-refractivity contribution is 5.79. The lowest BCUT2D eigenvalue weighted by Gasteiger charge is -2.33. The molecular weight excluding hydrogens is 240 g/mol. The Morgan fingerprint density at radius 3 is 2.47 bits per heavy atom. The van der Waals surface area contributed by atoms with Crippen LogP contribution in [0, 0.1) is 5.92 Å². The van der Waals surface area contributed by atoms with E-state index in [9.17, 15) is 4.79 Å². The van der Waals surface area contributed by atoms with Crippen LogP contribution in [0.4, 0.5) is 5.82 Å². The third-order valence-corrected chi connectivity index (χ3v) is 4.48. The first-order valence-corrected chi connectivity index (χ1v) is 7.33. The molecule has 104 valence electrons. The van der Waals surface area contributed by atoms with Gasteiger partial charge in [0.15, 0.2) is 0 Å². The van der Waals surface area contributed by atoms with E-state index in [4.69, 9.17) is 5.73 Å². The van der Waals surface area contributed by atoms with Crippen molar-refractivity contribution in [2.75, 3.05) is 18.8 Å². The summed E-state index contributed by atoms with van der Waals surface area (Å²) < 4.78 is 1.95. The lowest BCUT2D eigenvalue weighted by atomic mass is 10.0. The molecule has 5 heteroatoms. The van der Waals surface area contributed by atoms with Crippen molar-refractivity contribution in [2.24, 2.45) is 5.92 Å². The molecular formula is C14H22N4O. The van der Waals surface area contributed by atoms with Crippen molar-refractivity contribution in [1.82, 2.24) is 14.7 Å². The maximum Gasteiger partial charge on any atom is 0.225 e. The number of piperidine rings is 1. The van der Waals surface area contributed by atoms with Gasteiger partial charge in [-0.15, -0.1) is 0 Å². The second-order valence-corrected chi connectivity index (χ2v) is 5.76. The van der Waals surface area contributed by atoms with Crippen LogP contribution >= 0.6 is 0 Å². The van der Waals surface area contributed by atoms with Crippen LogP contribution in [0.25, 0.3) is 0 Å². The van der Waals surface area contributed by atoms with Gasteiger partial charge in [-0.3, -0.25) is 9.48 Å². The van der Waals surface area contributed by atoms with Gasteiger partial charge in [-0.25, -0.2) is 0 Å². The number of hydrogen-bond donors (Lipinski definition) is 1. The summed E-state index contributed by atoms with van der Waals surface area (Å²) in [4.78, 5) is 14.4. The molecule has 1 aliphatic heterocycles. The van der Waals surface area contributed by atoms with E-state index in [0.717, 1.165) is 38.8 Å². The normalized spacial score (nSPS) is 22.0. The van der Waals surface area contributed by atoms with Crippen molar-refractivity contribution >= 4 is 11.7 Å². The molecule has 19 heavy (non-hydrogen) atoms. The first-order valence-electron chi connectivity index (χ1n) is 7.33. The average Bonchev–Trinajstić information content (AvgIpc) is 3.09. The Labute approximate surface area is 113 Å². The number of carbonyl (C=O) groups excluding carboxylic acids is 1. The second kappa shape index (κ2) is 5.23. The molecule has 0 aromatic carbocycles. The van der Waals surface area contributed by atoms with E-state index in [2.05, 4.69) is 10.00 Å². The SMILES string of the molecule is Nc1ccn(C2CCN(C(=O)C3CCCC3)CC2)n1. The number of hydrogen-bond acceptors (Lipinski definition) is 3. The number of nitrogens with zero attached hydrogens (tertiary/aromatic N) is 3. The van der Waals surface area contributed by atoms with Crippen LogP contribution in [0.3, 0.4) is 0 Å². The standard InChI is InChI=1S/C14H22N4O/c15-13-7-10-18(16-13)12-5-8-17(9-6-12)14(19)11-3-1-2-4-11/h7,10-12H,1-6,8-9H2,(H2,15,16). The minimum atomic E-state index is 0.303. The Morgan fingerprint density at radius 1 is 1.21 bits per heavy atom. The predicted molar refractivity (Wildman–Crippen MR) is 73.4 cm³/mol. The molecule has 1 saturated carbocycles. The Hall–Kier alpha value is -1.52. The van der Waals surface area contributed by atoms with Crippen molar-refractivity contribution in [2.45, 2.75) is 44.6 Å². The molecule has 2 fully saturated rings. The van der Waals surface area contributed by atoms with Crippen molar-refractivity contribution < 1.29 is 4.79 Å². The fraction of sp³-hybridized carbons (Fsp3) is 0.714. The quantitative estimate of drug-likeness (QED) is 0.884. The van der Waals surface area contributed by atoms with Crippen molar-refractivity contribution in [3.8, 4) is 0 Å². The number of aromatic nitrogens is 2. The summed E-state index contributed by atoms with van der Waals surface area (Å²) in [5.74, 6) is 1.26. The number of rotatable bonds is 2. The van der Waals surface area contributed by atoms with Crippen LogP contribution in [-0.4, -0.2) is 33.7 Å². The molecule has 1 amide bonds. The van der Waals surface area contributed by atoms with Gasteiger partial charge in [0.1, 0.15) is 5.82 Å². The fourth-order valence-electron chi connectivity index (χ4n) is 3.34. The van der Waals surface area contributed by atoms with E-state index < -0.39 is 0 Å². The lowest BCUT2D eigenvalue weighted by molar-refractivity contribution is -0.136. The van der Waals surface area contributed by atoms with Gasteiger partial charge >= 0.3 is 0 Å². The molecule has 1 saturated heterocycles. The Kier molecular flexibility index (Phi) is 3.44. The zero-order valence-electron chi connectivity index (χ0n) is 11.3. The number of anilines is 1. The monoisotopic (exact) mass is 262 g/mol. The smallest absolute Gasteiger partial charge is 0.225 e. The summed E-state index contributed by atoms with van der Waals surface area (Å²) in [6.07, 6.45) is 8.54. The second-order valence-electron chi connectivity index (χ2n) is 5.76. The van der Waals surface area contributed by atoms with Crippen LogP contribution in [0.1, 0.15) is 44.6 Å². The minimum Gasteiger partial charge on any atom is -0.382 e. The Balaban J connectivity index is 1.55. The zero-order chi connectivity index (χ0) is 13.2. The number of likely N-dealkylation sites (tertiary alicyclic amines) is 1. The first-order chi connectivity index (χ1) is 9.24. The number of nitrogens with two attached hydrogens (primary N) is 1. The number of amides is 1. The molecule has 0 atom stereocenters. The summed E-state index contributed by atoms with van der Waals surface area (Å²) in [6.45, 7) is 1.72. The maximum absolute atomic E-state index is 12.3. The molecule has 2 aliphatic rings. The summed E-state index contributed by atoms with van der Waals surface area (Å²) in [6, 6.07) is 2.22. The van der Waals surface area contributed by atoms with Crippen LogP contribution in [-0.2, 0) is 4.79 Å². The number of carbonyl (C=O) groups is 1. The Bertz CT molecular complexity index is 442. The van der Waals surface area contributed by atoms with Crippen LogP contribution in [0.15, 0.2) is 12.3 Å². The maximum atomic E-state index is 12.3. The van der Waals surface area contributed by atoms with Crippen LogP contribution in [0.5, 0.6) is 0 Å². The molecule has 1 aliphatic carbocycles. The third-order valence-electron chi connectivity index (χ3n) is 4.48. The molecule has 2 N–H and O–H groups in total. The van der Waals surface area contributed by atoms with E-state index in [-0.39, 0.29) is 0 Å². The average molecular weight is 262 g/mol. The molecule has 3 rings (SSSR count). The highest BCUT2D eigenvalue weighted by Gasteiger charge is 2.30. The molecule has 5 nitrogen and oxygen atoms in total. The highest BCUT2D eigenvalue weighted by atomic mass is 16.2. The lowest BCUT2D eigenvalue weighted by Crippen LogP contribution is -2.41. The Morgan fingerprint density at radius 2 is 1.89 bits per heavy atom. The van der Waals surface area contributed by atoms with Crippen LogP contribution in [0.2, 0.25) is 0 Å². The van der Waals surface area contributed by atoms with Gasteiger partial charge in [-0.1, -0.05) is 12.8 Å². The van der Waals surface area contributed by atoms with Crippen molar-refractivity contribution in [1.29, 1.82) is 0 Å². The summed E-state index contributed by atoms with van der Waals surface area (Å²) in [7, 11) is 0. The third kappa shape index (κ3) is 2.60. The predicted octanol–water partition coefficient (Wildman–Crippen LogP) is 1.82. The van der Waals surface area contributed by atoms with Gasteiger partial charge in [0.05, 0.1) is 6.04 Å². The summed E-state index contributed by atoms with van der Waals surface area (Å²) >= 11 is 0.